The molecule has 2 unspecified atom stereocenters. The van der Waals surface area contributed by atoms with Gasteiger partial charge in [-0.1, -0.05) is 6.42 Å². The Hall–Kier alpha value is -1.36. The van der Waals surface area contributed by atoms with E-state index >= 15 is 0 Å². The fourth-order valence-corrected chi connectivity index (χ4v) is 2.06. The lowest BCUT2D eigenvalue weighted by molar-refractivity contribution is -0.252. The number of rotatable bonds is 0. The molecule has 1 saturated carbocycles. The third-order valence-electron chi connectivity index (χ3n) is 2.90. The molecule has 1 aliphatic heterocycles. The number of carbonyl (C=O) groups is 2. The molecular formula is C11H14O5. The van der Waals surface area contributed by atoms with E-state index in [4.69, 9.17) is 9.47 Å². The maximum Gasteiger partial charge on any atom is 0.333 e. The fourth-order valence-electron chi connectivity index (χ4n) is 2.06. The van der Waals surface area contributed by atoms with Gasteiger partial charge in [0.15, 0.2) is 6.10 Å². The van der Waals surface area contributed by atoms with E-state index < -0.39 is 23.8 Å². The Labute approximate surface area is 93.0 Å². The lowest BCUT2D eigenvalue weighted by atomic mass is 10.0. The number of fused-ring (bicyclic) bond motifs is 1. The standard InChI is InChI=1S/C11H14O5/c12-9-5-6-10(13)16-11(14)7-3-1-2-4-8(11)15-9/h5-6,8,14H,1-4,7H2/b6-5+. The third kappa shape index (κ3) is 2.24. The average Bonchev–Trinajstić information content (AvgIpc) is 2.38. The second kappa shape index (κ2) is 4.25. The first-order valence-electron chi connectivity index (χ1n) is 5.44. The molecule has 5 nitrogen and oxygen atoms in total. The van der Waals surface area contributed by atoms with Crippen molar-refractivity contribution >= 4 is 11.9 Å². The maximum absolute atomic E-state index is 11.3. The quantitative estimate of drug-likeness (QED) is 0.614. The Morgan fingerprint density at radius 1 is 1.19 bits per heavy atom. The molecule has 0 spiro atoms. The zero-order chi connectivity index (χ0) is 11.6. The molecule has 0 aromatic rings. The van der Waals surface area contributed by atoms with Gasteiger partial charge >= 0.3 is 11.9 Å². The molecule has 2 atom stereocenters. The zero-order valence-electron chi connectivity index (χ0n) is 8.85. The highest BCUT2D eigenvalue weighted by molar-refractivity contribution is 5.92. The number of hydrogen-bond donors (Lipinski definition) is 1. The van der Waals surface area contributed by atoms with Gasteiger partial charge in [-0.3, -0.25) is 0 Å². The molecule has 0 saturated heterocycles. The van der Waals surface area contributed by atoms with Crippen LogP contribution in [0.1, 0.15) is 32.1 Å². The van der Waals surface area contributed by atoms with Gasteiger partial charge in [0.25, 0.3) is 0 Å². The predicted molar refractivity (Wildman–Crippen MR) is 53.1 cm³/mol. The van der Waals surface area contributed by atoms with Crippen LogP contribution in [0, 0.1) is 0 Å². The topological polar surface area (TPSA) is 72.8 Å². The second-order valence-electron chi connectivity index (χ2n) is 4.12. The smallest absolute Gasteiger partial charge is 0.333 e. The first kappa shape index (κ1) is 11.1. The van der Waals surface area contributed by atoms with E-state index in [1.54, 1.807) is 0 Å². The molecule has 2 aliphatic rings. The number of carbonyl (C=O) groups excluding carboxylic acids is 2. The third-order valence-corrected chi connectivity index (χ3v) is 2.90. The number of esters is 2. The molecule has 2 rings (SSSR count). The van der Waals surface area contributed by atoms with Crippen LogP contribution in [-0.4, -0.2) is 28.9 Å². The van der Waals surface area contributed by atoms with E-state index in [9.17, 15) is 14.7 Å². The van der Waals surface area contributed by atoms with E-state index in [1.165, 1.54) is 0 Å². The van der Waals surface area contributed by atoms with Crippen molar-refractivity contribution in [1.29, 1.82) is 0 Å². The van der Waals surface area contributed by atoms with Gasteiger partial charge in [-0.15, -0.1) is 0 Å². The van der Waals surface area contributed by atoms with Crippen LogP contribution in [0.25, 0.3) is 0 Å². The molecule has 0 radical (unpaired) electrons. The van der Waals surface area contributed by atoms with Crippen molar-refractivity contribution < 1.29 is 24.2 Å². The van der Waals surface area contributed by atoms with Gasteiger partial charge in [0.2, 0.25) is 5.79 Å². The number of hydrogen-bond acceptors (Lipinski definition) is 5. The van der Waals surface area contributed by atoms with E-state index in [2.05, 4.69) is 0 Å². The normalized spacial score (nSPS) is 37.2. The lowest BCUT2D eigenvalue weighted by Gasteiger charge is -2.33. The molecule has 1 N–H and O–H groups in total. The first-order valence-corrected chi connectivity index (χ1v) is 5.44. The van der Waals surface area contributed by atoms with Gasteiger partial charge in [-0.2, -0.15) is 0 Å². The van der Waals surface area contributed by atoms with Crippen LogP contribution in [-0.2, 0) is 19.1 Å². The van der Waals surface area contributed by atoms with Crippen LogP contribution in [0.5, 0.6) is 0 Å². The minimum atomic E-state index is -1.66. The van der Waals surface area contributed by atoms with Crippen LogP contribution in [0.3, 0.4) is 0 Å². The highest BCUT2D eigenvalue weighted by Crippen LogP contribution is 2.31. The van der Waals surface area contributed by atoms with E-state index in [0.29, 0.717) is 12.8 Å². The molecule has 0 amide bonds. The molecule has 0 aromatic carbocycles. The molecule has 88 valence electrons. The van der Waals surface area contributed by atoms with E-state index in [-0.39, 0.29) is 0 Å². The Kier molecular flexibility index (Phi) is 2.96. The van der Waals surface area contributed by atoms with Gasteiger partial charge < -0.3 is 14.6 Å². The van der Waals surface area contributed by atoms with Gasteiger partial charge in [-0.05, 0) is 19.3 Å². The number of ether oxygens (including phenoxy) is 2. The Morgan fingerprint density at radius 2 is 1.94 bits per heavy atom. The van der Waals surface area contributed by atoms with Crippen molar-refractivity contribution in [3.63, 3.8) is 0 Å². The molecule has 16 heavy (non-hydrogen) atoms. The van der Waals surface area contributed by atoms with Crippen LogP contribution >= 0.6 is 0 Å². The van der Waals surface area contributed by atoms with E-state index in [1.807, 2.05) is 0 Å². The van der Waals surface area contributed by atoms with Gasteiger partial charge in [0.1, 0.15) is 0 Å². The summed E-state index contributed by atoms with van der Waals surface area (Å²) in [5.41, 5.74) is 0. The van der Waals surface area contributed by atoms with Crippen molar-refractivity contribution in [1.82, 2.24) is 0 Å². The van der Waals surface area contributed by atoms with Crippen molar-refractivity contribution in [2.45, 2.75) is 44.0 Å². The largest absolute Gasteiger partial charge is 0.452 e. The summed E-state index contributed by atoms with van der Waals surface area (Å²) in [5, 5.41) is 10.2. The summed E-state index contributed by atoms with van der Waals surface area (Å²) in [4.78, 5) is 22.5. The highest BCUT2D eigenvalue weighted by atomic mass is 16.7. The molecule has 1 aliphatic carbocycles. The summed E-state index contributed by atoms with van der Waals surface area (Å²) in [6.07, 6.45) is 4.60. The number of aliphatic hydroxyl groups is 1. The molecule has 0 aromatic heterocycles. The minimum absolute atomic E-state index is 0.310. The summed E-state index contributed by atoms with van der Waals surface area (Å²) >= 11 is 0. The summed E-state index contributed by atoms with van der Waals surface area (Å²) in [5.74, 6) is -2.97. The monoisotopic (exact) mass is 226 g/mol. The average molecular weight is 226 g/mol. The molecule has 1 fully saturated rings. The van der Waals surface area contributed by atoms with Crippen molar-refractivity contribution in [2.75, 3.05) is 0 Å². The molecular weight excluding hydrogens is 212 g/mol. The minimum Gasteiger partial charge on any atom is -0.452 e. The SMILES string of the molecule is O=C1/C=C/C(=O)OC2(O)CCCCCC2O1. The predicted octanol–water partition coefficient (Wildman–Crippen LogP) is 0.664. The molecule has 1 heterocycles. The second-order valence-corrected chi connectivity index (χ2v) is 4.12. The van der Waals surface area contributed by atoms with Crippen molar-refractivity contribution in [3.05, 3.63) is 12.2 Å². The maximum atomic E-state index is 11.3. The fraction of sp³-hybridized carbons (Fsp3) is 0.636. The van der Waals surface area contributed by atoms with Gasteiger partial charge in [0, 0.05) is 18.6 Å². The first-order chi connectivity index (χ1) is 7.60. The summed E-state index contributed by atoms with van der Waals surface area (Å²) in [6, 6.07) is 0. The summed E-state index contributed by atoms with van der Waals surface area (Å²) < 4.78 is 10.0. The van der Waals surface area contributed by atoms with E-state index in [0.717, 1.165) is 31.4 Å². The van der Waals surface area contributed by atoms with Crippen molar-refractivity contribution in [3.8, 4) is 0 Å². The lowest BCUT2D eigenvalue weighted by Crippen LogP contribution is -2.48. The Balaban J connectivity index is 2.27. The van der Waals surface area contributed by atoms with Crippen molar-refractivity contribution in [2.24, 2.45) is 0 Å². The van der Waals surface area contributed by atoms with Gasteiger partial charge in [-0.25, -0.2) is 9.59 Å². The summed E-state index contributed by atoms with van der Waals surface area (Å²) in [7, 11) is 0. The van der Waals surface area contributed by atoms with Crippen LogP contribution < -0.4 is 0 Å². The highest BCUT2D eigenvalue weighted by Gasteiger charge is 2.44. The Bertz CT molecular complexity index is 335. The van der Waals surface area contributed by atoms with Crippen LogP contribution in [0.15, 0.2) is 12.2 Å². The van der Waals surface area contributed by atoms with Crippen LogP contribution in [0.4, 0.5) is 0 Å². The van der Waals surface area contributed by atoms with Gasteiger partial charge in [0.05, 0.1) is 0 Å². The molecule has 0 bridgehead atoms. The van der Waals surface area contributed by atoms with Crippen LogP contribution in [0.2, 0.25) is 0 Å². The summed E-state index contributed by atoms with van der Waals surface area (Å²) in [6.45, 7) is 0. The molecule has 5 heteroatoms. The Morgan fingerprint density at radius 3 is 2.75 bits per heavy atom. The zero-order valence-corrected chi connectivity index (χ0v) is 8.85.